The molecule has 1 aromatic heterocycles. The maximum atomic E-state index is 5.29. The Morgan fingerprint density at radius 3 is 2.83 bits per heavy atom. The third-order valence-corrected chi connectivity index (χ3v) is 4.68. The summed E-state index contributed by atoms with van der Waals surface area (Å²) in [6.07, 6.45) is 0. The Morgan fingerprint density at radius 1 is 1.39 bits per heavy atom. The van der Waals surface area contributed by atoms with Crippen molar-refractivity contribution < 1.29 is 4.74 Å². The Hall–Kier alpha value is -0.840. The molecule has 0 spiro atoms. The van der Waals surface area contributed by atoms with E-state index >= 15 is 0 Å². The summed E-state index contributed by atoms with van der Waals surface area (Å²) in [6, 6.07) is 10.5. The van der Waals surface area contributed by atoms with Crippen LogP contribution in [0, 0.1) is 0 Å². The highest BCUT2D eigenvalue weighted by atomic mass is 79.9. The Bertz CT molecular complexity index is 512. The smallest absolute Gasteiger partial charge is 0.119 e. The summed E-state index contributed by atoms with van der Waals surface area (Å²) < 4.78 is 6.45. The number of hydrogen-bond donors (Lipinski definition) is 1. The summed E-state index contributed by atoms with van der Waals surface area (Å²) in [4.78, 5) is 1.30. The largest absolute Gasteiger partial charge is 0.497 e. The van der Waals surface area contributed by atoms with Gasteiger partial charge in [0, 0.05) is 9.35 Å². The minimum atomic E-state index is 0.208. The average Bonchev–Trinajstić information content (AvgIpc) is 2.82. The van der Waals surface area contributed by atoms with Gasteiger partial charge in [-0.2, -0.15) is 0 Å². The third-order valence-electron chi connectivity index (χ3n) is 2.74. The van der Waals surface area contributed by atoms with E-state index in [9.17, 15) is 0 Å². The van der Waals surface area contributed by atoms with Crippen LogP contribution in [0.2, 0.25) is 0 Å². The first kappa shape index (κ1) is 13.6. The molecule has 0 saturated heterocycles. The highest BCUT2D eigenvalue weighted by Crippen LogP contribution is 2.34. The molecule has 2 rings (SSSR count). The van der Waals surface area contributed by atoms with Crippen molar-refractivity contribution in [2.45, 2.75) is 13.0 Å². The predicted octanol–water partition coefficient (Wildman–Crippen LogP) is 4.22. The highest BCUT2D eigenvalue weighted by molar-refractivity contribution is 9.10. The maximum Gasteiger partial charge on any atom is 0.119 e. The molecule has 1 N–H and O–H groups in total. The SMILES string of the molecule is CCNC(c1cccc(OC)c1)c1sccc1Br. The fraction of sp³-hybridized carbons (Fsp3) is 0.286. The van der Waals surface area contributed by atoms with Crippen LogP contribution in [-0.4, -0.2) is 13.7 Å². The topological polar surface area (TPSA) is 21.3 Å². The molecule has 0 aliphatic heterocycles. The fourth-order valence-electron chi connectivity index (χ4n) is 1.90. The molecular formula is C14H16BrNOS. The third kappa shape index (κ3) is 2.94. The van der Waals surface area contributed by atoms with E-state index in [1.54, 1.807) is 18.4 Å². The number of methoxy groups -OCH3 is 1. The van der Waals surface area contributed by atoms with Crippen molar-refractivity contribution in [3.63, 3.8) is 0 Å². The molecule has 1 aromatic carbocycles. The molecule has 4 heteroatoms. The molecule has 18 heavy (non-hydrogen) atoms. The standard InChI is InChI=1S/C14H16BrNOS/c1-3-16-13(14-12(15)7-8-18-14)10-5-4-6-11(9-10)17-2/h4-9,13,16H,3H2,1-2H3. The number of ether oxygens (including phenoxy) is 1. The number of hydrogen-bond acceptors (Lipinski definition) is 3. The molecule has 0 radical (unpaired) electrons. The van der Waals surface area contributed by atoms with Crippen LogP contribution in [0.15, 0.2) is 40.2 Å². The van der Waals surface area contributed by atoms with Crippen molar-refractivity contribution >= 4 is 27.3 Å². The molecule has 0 amide bonds. The first-order valence-electron chi connectivity index (χ1n) is 5.86. The minimum Gasteiger partial charge on any atom is -0.497 e. The summed E-state index contributed by atoms with van der Waals surface area (Å²) in [6.45, 7) is 3.04. The molecule has 0 bridgehead atoms. The van der Waals surface area contributed by atoms with Gasteiger partial charge in [0.25, 0.3) is 0 Å². The predicted molar refractivity (Wildman–Crippen MR) is 80.5 cm³/mol. The van der Waals surface area contributed by atoms with E-state index in [2.05, 4.69) is 51.7 Å². The second kappa shape index (κ2) is 6.36. The van der Waals surface area contributed by atoms with Gasteiger partial charge in [-0.25, -0.2) is 0 Å². The van der Waals surface area contributed by atoms with Gasteiger partial charge in [0.15, 0.2) is 0 Å². The van der Waals surface area contributed by atoms with Crippen molar-refractivity contribution in [3.05, 3.63) is 50.6 Å². The van der Waals surface area contributed by atoms with Crippen molar-refractivity contribution in [1.29, 1.82) is 0 Å². The lowest BCUT2D eigenvalue weighted by Crippen LogP contribution is -2.21. The Balaban J connectivity index is 2.38. The van der Waals surface area contributed by atoms with Crippen LogP contribution >= 0.6 is 27.3 Å². The van der Waals surface area contributed by atoms with Gasteiger partial charge in [0.05, 0.1) is 13.2 Å². The average molecular weight is 326 g/mol. The number of nitrogens with one attached hydrogen (secondary N) is 1. The summed E-state index contributed by atoms with van der Waals surface area (Å²) in [5, 5.41) is 5.62. The van der Waals surface area contributed by atoms with Crippen molar-refractivity contribution in [2.24, 2.45) is 0 Å². The fourth-order valence-corrected chi connectivity index (χ4v) is 3.60. The van der Waals surface area contributed by atoms with Crippen LogP contribution in [0.4, 0.5) is 0 Å². The van der Waals surface area contributed by atoms with Gasteiger partial charge in [-0.05, 0) is 51.6 Å². The summed E-state index contributed by atoms with van der Waals surface area (Å²) >= 11 is 5.36. The zero-order valence-corrected chi connectivity index (χ0v) is 12.8. The highest BCUT2D eigenvalue weighted by Gasteiger charge is 2.17. The second-order valence-corrected chi connectivity index (χ2v) is 5.70. The summed E-state index contributed by atoms with van der Waals surface area (Å²) in [5.41, 5.74) is 1.22. The second-order valence-electron chi connectivity index (χ2n) is 3.90. The van der Waals surface area contributed by atoms with Crippen LogP contribution in [0.3, 0.4) is 0 Å². The lowest BCUT2D eigenvalue weighted by Gasteiger charge is -2.18. The van der Waals surface area contributed by atoms with E-state index in [4.69, 9.17) is 4.74 Å². The molecule has 0 fully saturated rings. The zero-order valence-electron chi connectivity index (χ0n) is 10.4. The van der Waals surface area contributed by atoms with Gasteiger partial charge in [-0.3, -0.25) is 0 Å². The monoisotopic (exact) mass is 325 g/mol. The molecule has 2 aromatic rings. The number of rotatable bonds is 5. The van der Waals surface area contributed by atoms with E-state index in [1.807, 2.05) is 12.1 Å². The van der Waals surface area contributed by atoms with Crippen LogP contribution in [0.5, 0.6) is 5.75 Å². The zero-order chi connectivity index (χ0) is 13.0. The Morgan fingerprint density at radius 2 is 2.22 bits per heavy atom. The summed E-state index contributed by atoms with van der Waals surface area (Å²) in [5.74, 6) is 0.892. The first-order valence-corrected chi connectivity index (χ1v) is 7.53. The lowest BCUT2D eigenvalue weighted by molar-refractivity contribution is 0.413. The number of thiophene rings is 1. The Labute approximate surface area is 120 Å². The number of benzene rings is 1. The van der Waals surface area contributed by atoms with Gasteiger partial charge in [0.1, 0.15) is 5.75 Å². The van der Waals surface area contributed by atoms with E-state index in [0.717, 1.165) is 16.8 Å². The van der Waals surface area contributed by atoms with Gasteiger partial charge in [0.2, 0.25) is 0 Å². The molecule has 1 unspecified atom stereocenters. The first-order chi connectivity index (χ1) is 8.76. The molecule has 1 heterocycles. The minimum absolute atomic E-state index is 0.208. The molecule has 0 saturated carbocycles. The van der Waals surface area contributed by atoms with Crippen LogP contribution < -0.4 is 10.1 Å². The van der Waals surface area contributed by atoms with Crippen molar-refractivity contribution in [3.8, 4) is 5.75 Å². The molecule has 0 aliphatic carbocycles. The van der Waals surface area contributed by atoms with Gasteiger partial charge in [-0.15, -0.1) is 11.3 Å². The molecular weight excluding hydrogens is 310 g/mol. The molecule has 1 atom stereocenters. The van der Waals surface area contributed by atoms with Crippen LogP contribution in [0.25, 0.3) is 0 Å². The normalized spacial score (nSPS) is 12.4. The van der Waals surface area contributed by atoms with Gasteiger partial charge < -0.3 is 10.1 Å². The maximum absolute atomic E-state index is 5.29. The Kier molecular flexibility index (Phi) is 4.80. The van der Waals surface area contributed by atoms with Crippen molar-refractivity contribution in [2.75, 3.05) is 13.7 Å². The lowest BCUT2D eigenvalue weighted by atomic mass is 10.1. The van der Waals surface area contributed by atoms with Crippen LogP contribution in [-0.2, 0) is 0 Å². The van der Waals surface area contributed by atoms with E-state index in [0.29, 0.717) is 0 Å². The van der Waals surface area contributed by atoms with Crippen molar-refractivity contribution in [1.82, 2.24) is 5.32 Å². The van der Waals surface area contributed by atoms with E-state index < -0.39 is 0 Å². The molecule has 2 nitrogen and oxygen atoms in total. The quantitative estimate of drug-likeness (QED) is 0.888. The molecule has 0 aliphatic rings. The van der Waals surface area contributed by atoms with Gasteiger partial charge >= 0.3 is 0 Å². The van der Waals surface area contributed by atoms with Gasteiger partial charge in [-0.1, -0.05) is 19.1 Å². The van der Waals surface area contributed by atoms with E-state index in [-0.39, 0.29) is 6.04 Å². The number of halogens is 1. The van der Waals surface area contributed by atoms with Crippen LogP contribution in [0.1, 0.15) is 23.4 Å². The molecule has 96 valence electrons. The summed E-state index contributed by atoms with van der Waals surface area (Å²) in [7, 11) is 1.70. The van der Waals surface area contributed by atoms with E-state index in [1.165, 1.54) is 10.4 Å².